The monoisotopic (exact) mass is 360 g/mol. The van der Waals surface area contributed by atoms with Crippen LogP contribution in [0.25, 0.3) is 0 Å². The van der Waals surface area contributed by atoms with Crippen LogP contribution in [0.1, 0.15) is 9.67 Å². The first-order valence-electron chi connectivity index (χ1n) is 7.56. The van der Waals surface area contributed by atoms with E-state index in [2.05, 4.69) is 0 Å². The predicted molar refractivity (Wildman–Crippen MR) is 86.1 cm³/mol. The predicted octanol–water partition coefficient (Wildman–Crippen LogP) is 0.251. The Kier molecular flexibility index (Phi) is 5.32. The van der Waals surface area contributed by atoms with Crippen LogP contribution in [-0.4, -0.2) is 81.4 Å². The second-order valence-corrected chi connectivity index (χ2v) is 8.47. The van der Waals surface area contributed by atoms with E-state index in [1.807, 2.05) is 11.4 Å². The number of thiophene rings is 1. The lowest BCUT2D eigenvalue weighted by Crippen LogP contribution is -2.50. The third kappa shape index (κ3) is 4.10. The van der Waals surface area contributed by atoms with Gasteiger partial charge in [-0.25, -0.2) is 8.42 Å². The molecular formula is C14H20N2O5S2. The average molecular weight is 360 g/mol. The van der Waals surface area contributed by atoms with E-state index < -0.39 is 16.1 Å². The zero-order valence-corrected chi connectivity index (χ0v) is 14.4. The molecule has 0 spiro atoms. The summed E-state index contributed by atoms with van der Waals surface area (Å²) in [6.07, 6.45) is -0.486. The molecule has 0 saturated carbocycles. The molecule has 23 heavy (non-hydrogen) atoms. The summed E-state index contributed by atoms with van der Waals surface area (Å²) in [5, 5.41) is 1.86. The first kappa shape index (κ1) is 16.8. The van der Waals surface area contributed by atoms with Gasteiger partial charge < -0.3 is 14.4 Å². The standard InChI is InChI=1S/C14H20N2O5S2/c17-14(13-2-1-9-22-13)15-3-8-21-12(10-15)11-23(18,19)16-4-6-20-7-5-16/h1-2,9,12H,3-8,10-11H2. The Morgan fingerprint density at radius 2 is 2.04 bits per heavy atom. The Morgan fingerprint density at radius 3 is 2.74 bits per heavy atom. The lowest BCUT2D eigenvalue weighted by atomic mass is 10.3. The third-order valence-electron chi connectivity index (χ3n) is 3.92. The average Bonchev–Trinajstić information content (AvgIpc) is 3.09. The van der Waals surface area contributed by atoms with Crippen molar-refractivity contribution in [2.45, 2.75) is 6.10 Å². The van der Waals surface area contributed by atoms with Crippen molar-refractivity contribution in [2.75, 3.05) is 51.8 Å². The molecule has 7 nitrogen and oxygen atoms in total. The van der Waals surface area contributed by atoms with E-state index in [4.69, 9.17) is 9.47 Å². The number of carbonyl (C=O) groups is 1. The van der Waals surface area contributed by atoms with Gasteiger partial charge >= 0.3 is 0 Å². The number of nitrogens with zero attached hydrogens (tertiary/aromatic N) is 2. The van der Waals surface area contributed by atoms with Crippen LogP contribution in [-0.2, 0) is 19.5 Å². The molecule has 0 aliphatic carbocycles. The molecule has 0 aromatic carbocycles. The highest BCUT2D eigenvalue weighted by Gasteiger charge is 2.32. The molecule has 3 heterocycles. The molecular weight excluding hydrogens is 340 g/mol. The fourth-order valence-electron chi connectivity index (χ4n) is 2.73. The van der Waals surface area contributed by atoms with Crippen molar-refractivity contribution in [2.24, 2.45) is 0 Å². The van der Waals surface area contributed by atoms with Gasteiger partial charge in [0.05, 0.1) is 36.6 Å². The van der Waals surface area contributed by atoms with Gasteiger partial charge in [0.15, 0.2) is 0 Å². The molecule has 2 fully saturated rings. The largest absolute Gasteiger partial charge is 0.379 e. The molecule has 2 aliphatic rings. The van der Waals surface area contributed by atoms with Crippen molar-refractivity contribution >= 4 is 27.3 Å². The second-order valence-electron chi connectivity index (χ2n) is 5.51. The van der Waals surface area contributed by atoms with Crippen molar-refractivity contribution in [3.05, 3.63) is 22.4 Å². The van der Waals surface area contributed by atoms with E-state index in [-0.39, 0.29) is 11.7 Å². The fraction of sp³-hybridized carbons (Fsp3) is 0.643. The Balaban J connectivity index is 1.61. The van der Waals surface area contributed by atoms with Crippen molar-refractivity contribution < 1.29 is 22.7 Å². The molecule has 0 N–H and O–H groups in total. The normalized spacial score (nSPS) is 23.8. The Labute approximate surface area is 139 Å². The van der Waals surface area contributed by atoms with Crippen LogP contribution in [0.3, 0.4) is 0 Å². The topological polar surface area (TPSA) is 76.2 Å². The van der Waals surface area contributed by atoms with Crippen LogP contribution >= 0.6 is 11.3 Å². The highest BCUT2D eigenvalue weighted by molar-refractivity contribution is 7.89. The molecule has 1 unspecified atom stereocenters. The van der Waals surface area contributed by atoms with Crippen molar-refractivity contribution in [3.63, 3.8) is 0 Å². The molecule has 0 bridgehead atoms. The van der Waals surface area contributed by atoms with Crippen LogP contribution in [0, 0.1) is 0 Å². The van der Waals surface area contributed by atoms with E-state index in [9.17, 15) is 13.2 Å². The number of morpholine rings is 2. The summed E-state index contributed by atoms with van der Waals surface area (Å²) in [6.45, 7) is 2.77. The van der Waals surface area contributed by atoms with E-state index >= 15 is 0 Å². The number of ether oxygens (including phenoxy) is 2. The maximum absolute atomic E-state index is 12.4. The van der Waals surface area contributed by atoms with E-state index in [1.165, 1.54) is 15.6 Å². The maximum atomic E-state index is 12.4. The number of hydrogen-bond acceptors (Lipinski definition) is 6. The van der Waals surface area contributed by atoms with Gasteiger partial charge in [-0.15, -0.1) is 11.3 Å². The summed E-state index contributed by atoms with van der Waals surface area (Å²) in [7, 11) is -3.39. The molecule has 1 amide bonds. The van der Waals surface area contributed by atoms with Gasteiger partial charge in [0.2, 0.25) is 10.0 Å². The summed E-state index contributed by atoms with van der Waals surface area (Å²) < 4.78 is 37.1. The van der Waals surface area contributed by atoms with Gasteiger partial charge in [-0.05, 0) is 11.4 Å². The zero-order chi connectivity index (χ0) is 16.3. The van der Waals surface area contributed by atoms with Gasteiger partial charge in [0, 0.05) is 26.2 Å². The Hall–Kier alpha value is -1.00. The summed E-state index contributed by atoms with van der Waals surface area (Å²) in [5.74, 6) is -0.154. The number of rotatable bonds is 4. The van der Waals surface area contributed by atoms with Gasteiger partial charge in [0.1, 0.15) is 0 Å². The molecule has 2 aliphatic heterocycles. The second kappa shape index (κ2) is 7.27. The quantitative estimate of drug-likeness (QED) is 0.769. The van der Waals surface area contributed by atoms with Crippen LogP contribution in [0.2, 0.25) is 0 Å². The maximum Gasteiger partial charge on any atom is 0.264 e. The van der Waals surface area contributed by atoms with Crippen molar-refractivity contribution in [3.8, 4) is 0 Å². The van der Waals surface area contributed by atoms with Gasteiger partial charge in [-0.1, -0.05) is 6.07 Å². The molecule has 1 aromatic heterocycles. The molecule has 1 atom stereocenters. The molecule has 1 aromatic rings. The molecule has 128 valence electrons. The SMILES string of the molecule is O=C(c1cccs1)N1CCOC(CS(=O)(=O)N2CCOCC2)C1. The number of sulfonamides is 1. The van der Waals surface area contributed by atoms with Crippen molar-refractivity contribution in [1.29, 1.82) is 0 Å². The lowest BCUT2D eigenvalue weighted by molar-refractivity contribution is -0.0115. The van der Waals surface area contributed by atoms with Crippen LogP contribution < -0.4 is 0 Å². The van der Waals surface area contributed by atoms with Gasteiger partial charge in [-0.2, -0.15) is 4.31 Å². The summed E-state index contributed by atoms with van der Waals surface area (Å²) in [4.78, 5) is 14.7. The Bertz CT molecular complexity index is 626. The summed E-state index contributed by atoms with van der Waals surface area (Å²) in [5.41, 5.74) is 0. The van der Waals surface area contributed by atoms with Crippen LogP contribution in [0.5, 0.6) is 0 Å². The highest BCUT2D eigenvalue weighted by atomic mass is 32.2. The molecule has 2 saturated heterocycles. The molecule has 3 rings (SSSR count). The zero-order valence-electron chi connectivity index (χ0n) is 12.7. The fourth-order valence-corrected chi connectivity index (χ4v) is 5.00. The van der Waals surface area contributed by atoms with Crippen LogP contribution in [0.4, 0.5) is 0 Å². The number of hydrogen-bond donors (Lipinski definition) is 0. The lowest BCUT2D eigenvalue weighted by Gasteiger charge is -2.34. The Morgan fingerprint density at radius 1 is 1.26 bits per heavy atom. The first-order valence-corrected chi connectivity index (χ1v) is 10.0. The number of amides is 1. The minimum Gasteiger partial charge on any atom is -0.379 e. The summed E-state index contributed by atoms with van der Waals surface area (Å²) in [6, 6.07) is 3.61. The highest BCUT2D eigenvalue weighted by Crippen LogP contribution is 2.17. The molecule has 9 heteroatoms. The van der Waals surface area contributed by atoms with Gasteiger partial charge in [0.25, 0.3) is 5.91 Å². The van der Waals surface area contributed by atoms with Gasteiger partial charge in [-0.3, -0.25) is 4.79 Å². The summed E-state index contributed by atoms with van der Waals surface area (Å²) >= 11 is 1.39. The van der Waals surface area contributed by atoms with E-state index in [0.717, 1.165) is 0 Å². The number of carbonyl (C=O) groups excluding carboxylic acids is 1. The first-order chi connectivity index (χ1) is 11.1. The van der Waals surface area contributed by atoms with E-state index in [1.54, 1.807) is 11.0 Å². The molecule has 0 radical (unpaired) electrons. The minimum absolute atomic E-state index is 0.0583. The minimum atomic E-state index is -3.39. The third-order valence-corrected chi connectivity index (χ3v) is 6.72. The van der Waals surface area contributed by atoms with Crippen LogP contribution in [0.15, 0.2) is 17.5 Å². The van der Waals surface area contributed by atoms with Crippen molar-refractivity contribution in [1.82, 2.24) is 9.21 Å². The van der Waals surface area contributed by atoms with E-state index in [0.29, 0.717) is 50.9 Å². The smallest absolute Gasteiger partial charge is 0.264 e.